The Kier molecular flexibility index (Phi) is 4.02. The van der Waals surface area contributed by atoms with Gasteiger partial charge in [0.1, 0.15) is 0 Å². The monoisotopic (exact) mass is 330 g/mol. The molecule has 1 aromatic carbocycles. The van der Waals surface area contributed by atoms with E-state index in [1.807, 2.05) is 0 Å². The van der Waals surface area contributed by atoms with Crippen LogP contribution in [-0.4, -0.2) is 55.4 Å². The highest BCUT2D eigenvalue weighted by molar-refractivity contribution is 7.91. The molecule has 0 spiro atoms. The van der Waals surface area contributed by atoms with Gasteiger partial charge in [-0.2, -0.15) is 0 Å². The minimum absolute atomic E-state index is 0.0330. The van der Waals surface area contributed by atoms with Gasteiger partial charge in [-0.05, 0) is 24.3 Å². The quantitative estimate of drug-likeness (QED) is 0.593. The largest absolute Gasteiger partial charge is 0.333 e. The van der Waals surface area contributed by atoms with Crippen LogP contribution in [0.25, 0.3) is 0 Å². The Morgan fingerprint density at radius 2 is 1.62 bits per heavy atom. The molecular weight excluding hydrogens is 320 g/mol. The predicted octanol–water partition coefficient (Wildman–Crippen LogP) is 0.534. The molecule has 112 valence electrons. The zero-order valence-electron chi connectivity index (χ0n) is 10.9. The van der Waals surface area contributed by atoms with Crippen molar-refractivity contribution in [3.8, 4) is 0 Å². The van der Waals surface area contributed by atoms with Gasteiger partial charge < -0.3 is 0 Å². The highest BCUT2D eigenvalue weighted by Crippen LogP contribution is 2.17. The summed E-state index contributed by atoms with van der Waals surface area (Å²) in [5.41, 5.74) is 0. The van der Waals surface area contributed by atoms with E-state index in [9.17, 15) is 22.8 Å². The maximum absolute atomic E-state index is 12.1. The molecule has 1 aliphatic heterocycles. The van der Waals surface area contributed by atoms with E-state index in [1.54, 1.807) is 0 Å². The van der Waals surface area contributed by atoms with E-state index in [0.29, 0.717) is 14.8 Å². The van der Waals surface area contributed by atoms with E-state index in [2.05, 4.69) is 0 Å². The van der Waals surface area contributed by atoms with Crippen molar-refractivity contribution in [2.45, 2.75) is 4.90 Å². The van der Waals surface area contributed by atoms with Gasteiger partial charge in [-0.1, -0.05) is 11.6 Å². The minimum atomic E-state index is -3.68. The third-order valence-electron chi connectivity index (χ3n) is 3.01. The average Bonchev–Trinajstić information content (AvgIpc) is 2.62. The highest BCUT2D eigenvalue weighted by atomic mass is 35.5. The van der Waals surface area contributed by atoms with Gasteiger partial charge in [-0.25, -0.2) is 13.2 Å². The lowest BCUT2D eigenvalue weighted by Gasteiger charge is -2.12. The molecule has 0 aromatic heterocycles. The molecular formula is C12H11ClN2O5S. The Morgan fingerprint density at radius 3 is 2.10 bits per heavy atom. The third-order valence-corrected chi connectivity index (χ3v) is 4.97. The van der Waals surface area contributed by atoms with Crippen molar-refractivity contribution >= 4 is 39.3 Å². The summed E-state index contributed by atoms with van der Waals surface area (Å²) in [5.74, 6) is -2.45. The number of urea groups is 1. The molecule has 0 saturated carbocycles. The van der Waals surface area contributed by atoms with E-state index in [1.165, 1.54) is 24.3 Å². The zero-order valence-corrected chi connectivity index (χ0v) is 12.5. The van der Waals surface area contributed by atoms with E-state index >= 15 is 0 Å². The molecule has 0 radical (unpaired) electrons. The lowest BCUT2D eigenvalue weighted by Crippen LogP contribution is -2.35. The molecule has 9 heteroatoms. The van der Waals surface area contributed by atoms with Crippen LogP contribution in [0, 0.1) is 0 Å². The SMILES string of the molecule is CN1C(=O)C(=O)N(CCS(=O)(=O)c2ccc(Cl)cc2)C1=O. The Balaban J connectivity index is 2.12. The molecule has 2 rings (SSSR count). The molecule has 1 heterocycles. The number of imide groups is 2. The summed E-state index contributed by atoms with van der Waals surface area (Å²) in [6.45, 7) is -0.376. The molecule has 21 heavy (non-hydrogen) atoms. The number of halogens is 1. The first kappa shape index (κ1) is 15.5. The average molecular weight is 331 g/mol. The van der Waals surface area contributed by atoms with Crippen LogP contribution in [0.4, 0.5) is 4.79 Å². The first-order valence-electron chi connectivity index (χ1n) is 5.86. The number of benzene rings is 1. The van der Waals surface area contributed by atoms with E-state index in [0.717, 1.165) is 7.05 Å². The molecule has 7 nitrogen and oxygen atoms in total. The van der Waals surface area contributed by atoms with Crippen molar-refractivity contribution in [2.24, 2.45) is 0 Å². The summed E-state index contributed by atoms with van der Waals surface area (Å²) >= 11 is 5.68. The smallest absolute Gasteiger partial charge is 0.263 e. The topological polar surface area (TPSA) is 91.8 Å². The van der Waals surface area contributed by atoms with E-state index in [-0.39, 0.29) is 11.4 Å². The predicted molar refractivity (Wildman–Crippen MR) is 73.4 cm³/mol. The Hall–Kier alpha value is -1.93. The van der Waals surface area contributed by atoms with Gasteiger partial charge in [0.2, 0.25) is 0 Å². The van der Waals surface area contributed by atoms with Gasteiger partial charge in [0.05, 0.1) is 10.6 Å². The van der Waals surface area contributed by atoms with Gasteiger partial charge in [-0.15, -0.1) is 0 Å². The van der Waals surface area contributed by atoms with Crippen LogP contribution in [0.2, 0.25) is 5.02 Å². The van der Waals surface area contributed by atoms with Crippen molar-refractivity contribution in [1.29, 1.82) is 0 Å². The number of likely N-dealkylation sites (N-methyl/N-ethyl adjacent to an activating group) is 1. The number of hydrogen-bond acceptors (Lipinski definition) is 5. The van der Waals surface area contributed by atoms with Gasteiger partial charge in [0, 0.05) is 18.6 Å². The van der Waals surface area contributed by atoms with Crippen molar-refractivity contribution in [3.63, 3.8) is 0 Å². The van der Waals surface area contributed by atoms with Crippen molar-refractivity contribution in [3.05, 3.63) is 29.3 Å². The summed E-state index contributed by atoms with van der Waals surface area (Å²) < 4.78 is 24.2. The third kappa shape index (κ3) is 2.91. The van der Waals surface area contributed by atoms with Crippen LogP contribution >= 0.6 is 11.6 Å². The maximum atomic E-state index is 12.1. The van der Waals surface area contributed by atoms with Crippen LogP contribution in [0.15, 0.2) is 29.2 Å². The number of sulfone groups is 1. The minimum Gasteiger partial charge on any atom is -0.263 e. The first-order chi connectivity index (χ1) is 9.74. The molecule has 0 aliphatic carbocycles. The highest BCUT2D eigenvalue weighted by Gasteiger charge is 2.42. The summed E-state index contributed by atoms with van der Waals surface area (Å²) in [5, 5.41) is 0.395. The van der Waals surface area contributed by atoms with Gasteiger partial charge in [0.25, 0.3) is 0 Å². The lowest BCUT2D eigenvalue weighted by atomic mass is 10.4. The number of hydrogen-bond donors (Lipinski definition) is 0. The second kappa shape index (κ2) is 5.45. The van der Waals surface area contributed by atoms with Crippen LogP contribution in [0.3, 0.4) is 0 Å². The number of amides is 4. The van der Waals surface area contributed by atoms with Crippen molar-refractivity contribution < 1.29 is 22.8 Å². The Labute approximate surface area is 126 Å². The fourth-order valence-electron chi connectivity index (χ4n) is 1.78. The first-order valence-corrected chi connectivity index (χ1v) is 7.89. The van der Waals surface area contributed by atoms with E-state index in [4.69, 9.17) is 11.6 Å². The van der Waals surface area contributed by atoms with E-state index < -0.39 is 33.4 Å². The van der Waals surface area contributed by atoms with Crippen LogP contribution in [-0.2, 0) is 19.4 Å². The van der Waals surface area contributed by atoms with Crippen molar-refractivity contribution in [2.75, 3.05) is 19.3 Å². The number of carbonyl (C=O) groups is 3. The molecule has 0 N–H and O–H groups in total. The maximum Gasteiger partial charge on any atom is 0.333 e. The molecule has 1 aromatic rings. The summed E-state index contributed by atoms with van der Waals surface area (Å²) in [6, 6.07) is 4.71. The van der Waals surface area contributed by atoms with Crippen molar-refractivity contribution in [1.82, 2.24) is 9.80 Å². The molecule has 1 aliphatic rings. The zero-order chi connectivity index (χ0) is 15.8. The van der Waals surface area contributed by atoms with Crippen LogP contribution < -0.4 is 0 Å². The summed E-state index contributed by atoms with van der Waals surface area (Å²) in [4.78, 5) is 35.8. The molecule has 0 unspecified atom stereocenters. The number of rotatable bonds is 4. The molecule has 1 saturated heterocycles. The standard InChI is InChI=1S/C12H11ClN2O5S/c1-14-10(16)11(17)15(12(14)18)6-7-21(19,20)9-4-2-8(13)3-5-9/h2-5H,6-7H2,1H3. The second-order valence-electron chi connectivity index (χ2n) is 4.38. The normalized spacial score (nSPS) is 16.0. The van der Waals surface area contributed by atoms with Gasteiger partial charge >= 0.3 is 17.8 Å². The van der Waals surface area contributed by atoms with Crippen LogP contribution in [0.5, 0.6) is 0 Å². The lowest BCUT2D eigenvalue weighted by molar-refractivity contribution is -0.142. The summed E-state index contributed by atoms with van der Waals surface area (Å²) in [6.07, 6.45) is 0. The Morgan fingerprint density at radius 1 is 1.05 bits per heavy atom. The molecule has 1 fully saturated rings. The fourth-order valence-corrected chi connectivity index (χ4v) is 3.12. The van der Waals surface area contributed by atoms with Crippen LogP contribution in [0.1, 0.15) is 0 Å². The molecule has 0 atom stereocenters. The van der Waals surface area contributed by atoms with Gasteiger partial charge in [-0.3, -0.25) is 19.4 Å². The molecule has 0 bridgehead atoms. The fraction of sp³-hybridized carbons (Fsp3) is 0.250. The number of carbonyl (C=O) groups excluding carboxylic acids is 3. The summed E-state index contributed by atoms with van der Waals surface area (Å²) in [7, 11) is -2.52. The Bertz CT molecular complexity index is 714. The second-order valence-corrected chi connectivity index (χ2v) is 6.92. The van der Waals surface area contributed by atoms with Gasteiger partial charge in [0.15, 0.2) is 9.84 Å². The number of nitrogens with zero attached hydrogens (tertiary/aromatic N) is 2. The molecule has 4 amide bonds.